The van der Waals surface area contributed by atoms with Crippen LogP contribution in [0.25, 0.3) is 10.9 Å². The first-order chi connectivity index (χ1) is 14.4. The average molecular weight is 430 g/mol. The summed E-state index contributed by atoms with van der Waals surface area (Å²) in [5.74, 6) is 1.35. The lowest BCUT2D eigenvalue weighted by atomic mass is 10.2. The number of anilines is 3. The second kappa shape index (κ2) is 9.27. The van der Waals surface area contributed by atoms with Crippen LogP contribution in [0, 0.1) is 0 Å². The summed E-state index contributed by atoms with van der Waals surface area (Å²) in [5, 5.41) is 4.09. The summed E-state index contributed by atoms with van der Waals surface area (Å²) in [4.78, 5) is 10.8. The fourth-order valence-electron chi connectivity index (χ4n) is 2.98. The number of nitrogens with zero attached hydrogens (tertiary/aromatic N) is 3. The Labute approximate surface area is 177 Å². The lowest BCUT2D eigenvalue weighted by molar-refractivity contribution is 0.310. The van der Waals surface area contributed by atoms with Crippen molar-refractivity contribution >= 4 is 38.1 Å². The summed E-state index contributed by atoms with van der Waals surface area (Å²) < 4.78 is 32.6. The molecule has 9 heteroatoms. The van der Waals surface area contributed by atoms with Crippen molar-refractivity contribution in [1.82, 2.24) is 14.7 Å². The average Bonchev–Trinajstić information content (AvgIpc) is 2.73. The summed E-state index contributed by atoms with van der Waals surface area (Å²) >= 11 is 0. The van der Waals surface area contributed by atoms with E-state index in [9.17, 15) is 8.42 Å². The van der Waals surface area contributed by atoms with Gasteiger partial charge in [0.1, 0.15) is 17.9 Å². The zero-order chi connectivity index (χ0) is 21.7. The van der Waals surface area contributed by atoms with E-state index < -0.39 is 10.0 Å². The number of benzene rings is 2. The van der Waals surface area contributed by atoms with Gasteiger partial charge in [-0.15, -0.1) is 0 Å². The molecule has 0 saturated heterocycles. The first-order valence-corrected chi connectivity index (χ1v) is 11.2. The van der Waals surface area contributed by atoms with Gasteiger partial charge < -0.3 is 15.0 Å². The second-order valence-corrected chi connectivity index (χ2v) is 8.90. The molecule has 2 N–H and O–H groups in total. The van der Waals surface area contributed by atoms with Gasteiger partial charge in [-0.1, -0.05) is 13.3 Å². The van der Waals surface area contributed by atoms with Crippen molar-refractivity contribution in [3.8, 4) is 5.75 Å². The normalized spacial score (nSPS) is 11.5. The molecule has 1 aromatic heterocycles. The Kier molecular flexibility index (Phi) is 6.73. The third-order valence-corrected chi connectivity index (χ3v) is 6.07. The molecule has 0 saturated carbocycles. The highest BCUT2D eigenvalue weighted by Gasteiger charge is 2.16. The first-order valence-electron chi connectivity index (χ1n) is 9.75. The molecular weight excluding hydrogens is 402 g/mol. The number of nitrogens with one attached hydrogen (secondary N) is 2. The van der Waals surface area contributed by atoms with Gasteiger partial charge in [-0.3, -0.25) is 0 Å². The van der Waals surface area contributed by atoms with Gasteiger partial charge >= 0.3 is 0 Å². The third-order valence-electron chi connectivity index (χ3n) is 4.66. The number of sulfonamides is 1. The molecule has 0 aliphatic rings. The van der Waals surface area contributed by atoms with E-state index in [0.717, 1.165) is 35.2 Å². The molecular formula is C21H27N5O3S. The van der Waals surface area contributed by atoms with E-state index in [1.165, 1.54) is 13.4 Å². The molecule has 0 bridgehead atoms. The monoisotopic (exact) mass is 429 g/mol. The standard InChI is InChI=1S/C21H27N5O3S/c1-5-6-11-29-15-7-9-17-18(12-15)23-14-24-21(17)25-19-13-16(30(27,28)22-2)8-10-20(19)26(3)4/h7-10,12-14,22H,5-6,11H2,1-4H3,(H,23,24,25). The molecule has 0 amide bonds. The van der Waals surface area contributed by atoms with Gasteiger partial charge in [0.05, 0.1) is 28.4 Å². The molecule has 1 heterocycles. The molecule has 3 rings (SSSR count). The quantitative estimate of drug-likeness (QED) is 0.502. The van der Waals surface area contributed by atoms with Crippen LogP contribution < -0.4 is 19.7 Å². The molecule has 2 aromatic carbocycles. The van der Waals surface area contributed by atoms with Gasteiger partial charge in [0.25, 0.3) is 0 Å². The Morgan fingerprint density at radius 1 is 1.10 bits per heavy atom. The highest BCUT2D eigenvalue weighted by atomic mass is 32.2. The van der Waals surface area contributed by atoms with Crippen LogP contribution in [0.4, 0.5) is 17.2 Å². The Hall–Kier alpha value is -2.91. The Balaban J connectivity index is 2.00. The zero-order valence-corrected chi connectivity index (χ0v) is 18.5. The predicted octanol–water partition coefficient (Wildman–Crippen LogP) is 3.53. The third kappa shape index (κ3) is 4.80. The van der Waals surface area contributed by atoms with Crippen molar-refractivity contribution in [1.29, 1.82) is 0 Å². The maximum atomic E-state index is 12.3. The topological polar surface area (TPSA) is 96.4 Å². The van der Waals surface area contributed by atoms with Crippen molar-refractivity contribution in [3.63, 3.8) is 0 Å². The number of fused-ring (bicyclic) bond motifs is 1. The minimum Gasteiger partial charge on any atom is -0.494 e. The van der Waals surface area contributed by atoms with Crippen LogP contribution in [0.3, 0.4) is 0 Å². The maximum absolute atomic E-state index is 12.3. The Morgan fingerprint density at radius 3 is 2.60 bits per heavy atom. The van der Waals surface area contributed by atoms with Crippen molar-refractivity contribution in [2.75, 3.05) is 38.0 Å². The van der Waals surface area contributed by atoms with Crippen LogP contribution in [0.5, 0.6) is 5.75 Å². The van der Waals surface area contributed by atoms with E-state index in [4.69, 9.17) is 4.74 Å². The molecule has 30 heavy (non-hydrogen) atoms. The minimum atomic E-state index is -3.57. The largest absolute Gasteiger partial charge is 0.494 e. The highest BCUT2D eigenvalue weighted by Crippen LogP contribution is 2.32. The molecule has 0 radical (unpaired) electrons. The van der Waals surface area contributed by atoms with Crippen molar-refractivity contribution in [3.05, 3.63) is 42.7 Å². The highest BCUT2D eigenvalue weighted by molar-refractivity contribution is 7.89. The molecule has 160 valence electrons. The number of hydrogen-bond donors (Lipinski definition) is 2. The molecule has 0 fully saturated rings. The molecule has 0 spiro atoms. The van der Waals surface area contributed by atoms with Crippen LogP contribution in [0.2, 0.25) is 0 Å². The van der Waals surface area contributed by atoms with E-state index in [1.54, 1.807) is 18.2 Å². The lowest BCUT2D eigenvalue weighted by Gasteiger charge is -2.20. The smallest absolute Gasteiger partial charge is 0.240 e. The van der Waals surface area contributed by atoms with Gasteiger partial charge in [-0.05, 0) is 43.8 Å². The van der Waals surface area contributed by atoms with Crippen molar-refractivity contribution in [2.24, 2.45) is 0 Å². The lowest BCUT2D eigenvalue weighted by Crippen LogP contribution is -2.19. The molecule has 0 atom stereocenters. The van der Waals surface area contributed by atoms with E-state index >= 15 is 0 Å². The molecule has 0 unspecified atom stereocenters. The van der Waals surface area contributed by atoms with E-state index in [1.807, 2.05) is 37.2 Å². The first kappa shape index (κ1) is 21.8. The maximum Gasteiger partial charge on any atom is 0.240 e. The number of rotatable bonds is 9. The second-order valence-electron chi connectivity index (χ2n) is 7.01. The molecule has 8 nitrogen and oxygen atoms in total. The summed E-state index contributed by atoms with van der Waals surface area (Å²) in [6.45, 7) is 2.78. The van der Waals surface area contributed by atoms with E-state index in [0.29, 0.717) is 18.1 Å². The molecule has 0 aliphatic heterocycles. The van der Waals surface area contributed by atoms with Gasteiger partial charge in [0, 0.05) is 25.5 Å². The van der Waals surface area contributed by atoms with Gasteiger partial charge in [0.2, 0.25) is 10.0 Å². The van der Waals surface area contributed by atoms with E-state index in [2.05, 4.69) is 26.9 Å². The van der Waals surface area contributed by atoms with Crippen molar-refractivity contribution in [2.45, 2.75) is 24.7 Å². The number of ether oxygens (including phenoxy) is 1. The number of unbranched alkanes of at least 4 members (excludes halogenated alkanes) is 1. The van der Waals surface area contributed by atoms with Crippen LogP contribution in [0.1, 0.15) is 19.8 Å². The SMILES string of the molecule is CCCCOc1ccc2c(Nc3cc(S(=O)(=O)NC)ccc3N(C)C)ncnc2c1. The minimum absolute atomic E-state index is 0.170. The molecule has 3 aromatic rings. The predicted molar refractivity (Wildman–Crippen MR) is 120 cm³/mol. The Morgan fingerprint density at radius 2 is 1.90 bits per heavy atom. The summed E-state index contributed by atoms with van der Waals surface area (Å²) in [6.07, 6.45) is 3.54. The fourth-order valence-corrected chi connectivity index (χ4v) is 3.73. The van der Waals surface area contributed by atoms with Crippen molar-refractivity contribution < 1.29 is 13.2 Å². The van der Waals surface area contributed by atoms with Gasteiger partial charge in [-0.25, -0.2) is 23.1 Å². The summed E-state index contributed by atoms with van der Waals surface area (Å²) in [5.41, 5.74) is 2.20. The van der Waals surface area contributed by atoms with E-state index in [-0.39, 0.29) is 4.90 Å². The summed E-state index contributed by atoms with van der Waals surface area (Å²) in [6, 6.07) is 10.6. The van der Waals surface area contributed by atoms with Crippen LogP contribution in [-0.2, 0) is 10.0 Å². The number of hydrogen-bond acceptors (Lipinski definition) is 7. The van der Waals surface area contributed by atoms with Crippen LogP contribution in [-0.4, -0.2) is 46.1 Å². The zero-order valence-electron chi connectivity index (χ0n) is 17.6. The molecule has 0 aliphatic carbocycles. The van der Waals surface area contributed by atoms with Gasteiger partial charge in [-0.2, -0.15) is 0 Å². The Bertz CT molecular complexity index is 1130. The summed E-state index contributed by atoms with van der Waals surface area (Å²) in [7, 11) is 1.60. The van der Waals surface area contributed by atoms with Crippen LogP contribution >= 0.6 is 0 Å². The number of aromatic nitrogens is 2. The fraction of sp³-hybridized carbons (Fsp3) is 0.333. The van der Waals surface area contributed by atoms with Crippen LogP contribution in [0.15, 0.2) is 47.6 Å². The van der Waals surface area contributed by atoms with Gasteiger partial charge in [0.15, 0.2) is 0 Å².